The Kier molecular flexibility index (Phi) is 7.87. The fraction of sp³-hybridized carbons (Fsp3) is 0.0714. The van der Waals surface area contributed by atoms with Gasteiger partial charge in [0.2, 0.25) is 0 Å². The normalized spacial score (nSPS) is 12.0. The van der Waals surface area contributed by atoms with E-state index in [1.807, 2.05) is 22.7 Å². The zero-order chi connectivity index (χ0) is 40.2. The van der Waals surface area contributed by atoms with E-state index in [0.29, 0.717) is 0 Å². The zero-order valence-corrected chi connectivity index (χ0v) is 35.5. The predicted octanol–water partition coefficient (Wildman–Crippen LogP) is 17.5. The van der Waals surface area contributed by atoms with Crippen molar-refractivity contribution in [1.82, 2.24) is 0 Å². The van der Waals surface area contributed by atoms with E-state index in [4.69, 9.17) is 0 Å². The first-order valence-corrected chi connectivity index (χ1v) is 22.3. The van der Waals surface area contributed by atoms with E-state index in [1.54, 1.807) is 0 Å². The minimum absolute atomic E-state index is 1.16. The van der Waals surface area contributed by atoms with Gasteiger partial charge in [-0.3, -0.25) is 0 Å². The first-order chi connectivity index (χ1) is 29.3. The molecule has 0 bridgehead atoms. The van der Waals surface area contributed by atoms with Crippen LogP contribution in [0.1, 0.15) is 22.3 Å². The topological polar surface area (TPSA) is 6.48 Å². The summed E-state index contributed by atoms with van der Waals surface area (Å²) in [5.74, 6) is 0. The molecule has 286 valence electrons. The summed E-state index contributed by atoms with van der Waals surface area (Å²) >= 11 is 3.73. The summed E-state index contributed by atoms with van der Waals surface area (Å²) < 4.78 is 5.25. The largest absolute Gasteiger partial charge is 0.310 e. The summed E-state index contributed by atoms with van der Waals surface area (Å²) in [7, 11) is 0. The lowest BCUT2D eigenvalue weighted by atomic mass is 9.91. The molecule has 2 heterocycles. The average molecular weight is 805 g/mol. The number of aryl methyl sites for hydroxylation is 4. The summed E-state index contributed by atoms with van der Waals surface area (Å²) in [5.41, 5.74) is 12.0. The molecule has 0 atom stereocenters. The van der Waals surface area contributed by atoms with Crippen molar-refractivity contribution in [1.29, 1.82) is 0 Å². The fourth-order valence-corrected chi connectivity index (χ4v) is 12.1. The van der Waals surface area contributed by atoms with Crippen LogP contribution in [0.5, 0.6) is 0 Å². The lowest BCUT2D eigenvalue weighted by Gasteiger charge is -2.30. The number of rotatable bonds is 6. The van der Waals surface area contributed by atoms with Gasteiger partial charge in [0.25, 0.3) is 0 Å². The average Bonchev–Trinajstić information content (AvgIpc) is 3.81. The first-order valence-electron chi connectivity index (χ1n) is 20.6. The Bertz CT molecular complexity index is 3400. The van der Waals surface area contributed by atoms with Crippen molar-refractivity contribution in [2.24, 2.45) is 0 Å². The molecule has 0 amide bonds. The molecule has 0 unspecified atom stereocenters. The highest BCUT2D eigenvalue weighted by Gasteiger charge is 2.23. The van der Waals surface area contributed by atoms with Gasteiger partial charge in [0.1, 0.15) is 0 Å². The SMILES string of the molecule is Cc1cc(C)cc(N(c2ccc3sc4ccccc4c3c2)c2ccc3ccc4c(N(c5cc(C)cc(C)c5)c5ccc6sc7ccccc7c6c5)ccc5ccc2c3c54)c1. The van der Waals surface area contributed by atoms with Gasteiger partial charge in [-0.2, -0.15) is 0 Å². The number of anilines is 6. The molecular formula is C56H40N2S2. The van der Waals surface area contributed by atoms with Gasteiger partial charge < -0.3 is 9.80 Å². The van der Waals surface area contributed by atoms with Crippen LogP contribution in [-0.4, -0.2) is 0 Å². The van der Waals surface area contributed by atoms with Gasteiger partial charge in [-0.15, -0.1) is 22.7 Å². The van der Waals surface area contributed by atoms with Crippen LogP contribution in [0, 0.1) is 27.7 Å². The van der Waals surface area contributed by atoms with Gasteiger partial charge in [0, 0.05) is 73.9 Å². The van der Waals surface area contributed by atoms with Crippen LogP contribution in [0.25, 0.3) is 72.7 Å². The molecule has 0 aliphatic rings. The molecule has 0 aliphatic heterocycles. The molecule has 60 heavy (non-hydrogen) atoms. The predicted molar refractivity (Wildman–Crippen MR) is 264 cm³/mol. The second-order valence-electron chi connectivity index (χ2n) is 16.5. The lowest BCUT2D eigenvalue weighted by Crippen LogP contribution is -2.12. The van der Waals surface area contributed by atoms with E-state index in [-0.39, 0.29) is 0 Å². The molecule has 12 aromatic rings. The summed E-state index contributed by atoms with van der Waals surface area (Å²) in [5, 5.41) is 12.8. The van der Waals surface area contributed by atoms with E-state index < -0.39 is 0 Å². The van der Waals surface area contributed by atoms with Crippen molar-refractivity contribution in [3.8, 4) is 0 Å². The van der Waals surface area contributed by atoms with E-state index in [1.165, 1.54) is 118 Å². The van der Waals surface area contributed by atoms with Crippen LogP contribution < -0.4 is 9.80 Å². The number of hydrogen-bond donors (Lipinski definition) is 0. The van der Waals surface area contributed by atoms with Crippen molar-refractivity contribution < 1.29 is 0 Å². The number of thiophene rings is 2. The maximum absolute atomic E-state index is 2.49. The molecule has 2 nitrogen and oxygen atoms in total. The molecule has 0 spiro atoms. The van der Waals surface area contributed by atoms with Crippen LogP contribution in [0.15, 0.2) is 170 Å². The minimum atomic E-state index is 1.16. The molecule has 12 rings (SSSR count). The van der Waals surface area contributed by atoms with Crippen LogP contribution >= 0.6 is 22.7 Å². The van der Waals surface area contributed by atoms with Crippen molar-refractivity contribution in [3.63, 3.8) is 0 Å². The van der Waals surface area contributed by atoms with Gasteiger partial charge in [-0.05, 0) is 156 Å². The maximum Gasteiger partial charge on any atom is 0.0540 e. The third-order valence-corrected chi connectivity index (χ3v) is 14.6. The van der Waals surface area contributed by atoms with Crippen LogP contribution in [0.4, 0.5) is 34.1 Å². The number of fused-ring (bicyclic) bond motifs is 6. The zero-order valence-electron chi connectivity index (χ0n) is 33.9. The van der Waals surface area contributed by atoms with Gasteiger partial charge in [-0.25, -0.2) is 0 Å². The van der Waals surface area contributed by atoms with Gasteiger partial charge in [-0.1, -0.05) is 84.9 Å². The fourth-order valence-electron chi connectivity index (χ4n) is 9.88. The van der Waals surface area contributed by atoms with E-state index in [0.717, 1.165) is 11.4 Å². The highest BCUT2D eigenvalue weighted by atomic mass is 32.1. The number of hydrogen-bond acceptors (Lipinski definition) is 4. The van der Waals surface area contributed by atoms with Gasteiger partial charge >= 0.3 is 0 Å². The molecule has 0 saturated carbocycles. The summed E-state index contributed by atoms with van der Waals surface area (Å²) in [6.07, 6.45) is 0. The third-order valence-electron chi connectivity index (χ3n) is 12.3. The quantitative estimate of drug-likeness (QED) is 0.155. The van der Waals surface area contributed by atoms with Gasteiger partial charge in [0.05, 0.1) is 11.4 Å². The monoisotopic (exact) mass is 804 g/mol. The Labute approximate surface area is 357 Å². The Balaban J connectivity index is 1.12. The lowest BCUT2D eigenvalue weighted by molar-refractivity contribution is 1.27. The molecular weight excluding hydrogens is 765 g/mol. The van der Waals surface area contributed by atoms with Crippen LogP contribution in [0.3, 0.4) is 0 Å². The molecule has 0 aliphatic carbocycles. The molecule has 0 fully saturated rings. The number of nitrogens with zero attached hydrogens (tertiary/aromatic N) is 2. The second kappa shape index (κ2) is 13.4. The highest BCUT2D eigenvalue weighted by Crippen LogP contribution is 2.49. The Morgan fingerprint density at radius 2 is 0.683 bits per heavy atom. The summed E-state index contributed by atoms with van der Waals surface area (Å²) in [4.78, 5) is 4.97. The van der Waals surface area contributed by atoms with Crippen molar-refractivity contribution >= 4 is 129 Å². The standard InChI is InChI=1S/C56H40N2S2/c1-33-25-34(2)28-41(27-33)57(39-17-23-53-47(31-39)43-9-5-7-11-51(43)59-53)49-21-15-37-14-20-46-50(22-16-38-13-19-45(49)55(37)56(38)46)58(42-29-35(3)26-36(4)30-42)40-18-24-54-48(32-40)44-10-6-8-12-52(44)60-54/h5-32H,1-4H3. The van der Waals surface area contributed by atoms with E-state index in [9.17, 15) is 0 Å². The smallest absolute Gasteiger partial charge is 0.0540 e. The Morgan fingerprint density at radius 3 is 1.12 bits per heavy atom. The molecule has 0 radical (unpaired) electrons. The molecule has 4 heteroatoms. The molecule has 0 N–H and O–H groups in total. The maximum atomic E-state index is 2.49. The number of benzene rings is 10. The molecule has 10 aromatic carbocycles. The highest BCUT2D eigenvalue weighted by molar-refractivity contribution is 7.26. The Hall–Kier alpha value is -6.72. The molecule has 2 aromatic heterocycles. The summed E-state index contributed by atoms with van der Waals surface area (Å²) in [6, 6.07) is 64.1. The van der Waals surface area contributed by atoms with Crippen molar-refractivity contribution in [3.05, 3.63) is 192 Å². The van der Waals surface area contributed by atoms with Crippen molar-refractivity contribution in [2.75, 3.05) is 9.80 Å². The van der Waals surface area contributed by atoms with Crippen molar-refractivity contribution in [2.45, 2.75) is 27.7 Å². The minimum Gasteiger partial charge on any atom is -0.310 e. The van der Waals surface area contributed by atoms with Crippen LogP contribution in [-0.2, 0) is 0 Å². The first kappa shape index (κ1) is 35.2. The Morgan fingerprint density at radius 1 is 0.300 bits per heavy atom. The third kappa shape index (κ3) is 5.52. The van der Waals surface area contributed by atoms with E-state index in [2.05, 4.69) is 207 Å². The van der Waals surface area contributed by atoms with E-state index >= 15 is 0 Å². The summed E-state index contributed by atoms with van der Waals surface area (Å²) in [6.45, 7) is 8.82. The van der Waals surface area contributed by atoms with Crippen LogP contribution in [0.2, 0.25) is 0 Å². The molecule has 0 saturated heterocycles. The second-order valence-corrected chi connectivity index (χ2v) is 18.7. The van der Waals surface area contributed by atoms with Gasteiger partial charge in [0.15, 0.2) is 0 Å².